The van der Waals surface area contributed by atoms with E-state index in [0.29, 0.717) is 17.7 Å². The summed E-state index contributed by atoms with van der Waals surface area (Å²) < 4.78 is 10.7. The average molecular weight is 301 g/mol. The molecule has 0 amide bonds. The molecule has 1 unspecified atom stereocenters. The van der Waals surface area contributed by atoms with Gasteiger partial charge in [-0.3, -0.25) is 4.79 Å². The lowest BCUT2D eigenvalue weighted by Crippen LogP contribution is -2.44. The van der Waals surface area contributed by atoms with E-state index in [2.05, 4.69) is 9.64 Å². The van der Waals surface area contributed by atoms with Crippen molar-refractivity contribution in [2.75, 3.05) is 27.2 Å². The highest BCUT2D eigenvalue weighted by Crippen LogP contribution is 2.38. The van der Waals surface area contributed by atoms with Gasteiger partial charge in [0.1, 0.15) is 11.4 Å². The highest BCUT2D eigenvalue weighted by molar-refractivity contribution is 6.01. The van der Waals surface area contributed by atoms with Crippen LogP contribution in [-0.2, 0) is 9.53 Å². The molecule has 1 fully saturated rings. The van der Waals surface area contributed by atoms with Gasteiger partial charge in [0, 0.05) is 25.6 Å². The Morgan fingerprint density at radius 1 is 1.45 bits per heavy atom. The number of carbonyl (C=O) groups is 2. The quantitative estimate of drug-likeness (QED) is 0.617. The van der Waals surface area contributed by atoms with Gasteiger partial charge in [-0.2, -0.15) is 0 Å². The molecule has 2 aliphatic rings. The molecule has 22 heavy (non-hydrogen) atoms. The third kappa shape index (κ3) is 2.76. The van der Waals surface area contributed by atoms with Gasteiger partial charge < -0.3 is 14.4 Å². The van der Waals surface area contributed by atoms with Crippen molar-refractivity contribution in [3.8, 4) is 5.75 Å². The number of ether oxygens (including phenoxy) is 2. The molecule has 1 aromatic rings. The largest absolute Gasteiger partial charge is 0.485 e. The molecule has 3 rings (SSSR count). The van der Waals surface area contributed by atoms with E-state index in [1.807, 2.05) is 19.2 Å². The van der Waals surface area contributed by atoms with Crippen molar-refractivity contribution < 1.29 is 19.1 Å². The normalized spacial score (nSPS) is 24.5. The number of carbonyl (C=O) groups excluding carboxylic acids is 2. The molecule has 2 aliphatic heterocycles. The third-order valence-corrected chi connectivity index (χ3v) is 4.23. The highest BCUT2D eigenvalue weighted by Gasteiger charge is 2.44. The van der Waals surface area contributed by atoms with E-state index >= 15 is 0 Å². The first-order chi connectivity index (χ1) is 10.5. The van der Waals surface area contributed by atoms with Crippen LogP contribution in [0.1, 0.15) is 28.8 Å². The zero-order chi connectivity index (χ0) is 15.7. The summed E-state index contributed by atoms with van der Waals surface area (Å²) in [4.78, 5) is 25.8. The topological polar surface area (TPSA) is 55.8 Å². The second-order valence-corrected chi connectivity index (χ2v) is 5.98. The second kappa shape index (κ2) is 5.57. The van der Waals surface area contributed by atoms with Crippen LogP contribution in [0.15, 0.2) is 24.3 Å². The Kier molecular flexibility index (Phi) is 3.74. The predicted octanol–water partition coefficient (Wildman–Crippen LogP) is 1.91. The van der Waals surface area contributed by atoms with Crippen LogP contribution in [0.3, 0.4) is 0 Å². The summed E-state index contributed by atoms with van der Waals surface area (Å²) in [6, 6.07) is 5.41. The number of hydrogen-bond acceptors (Lipinski definition) is 5. The number of hydrogen-bond donors (Lipinski definition) is 0. The van der Waals surface area contributed by atoms with Crippen LogP contribution in [0.5, 0.6) is 5.75 Å². The predicted molar refractivity (Wildman–Crippen MR) is 81.9 cm³/mol. The summed E-state index contributed by atoms with van der Waals surface area (Å²) in [6.07, 6.45) is 4.25. The fourth-order valence-corrected chi connectivity index (χ4v) is 3.12. The average Bonchev–Trinajstić information content (AvgIpc) is 2.85. The first-order valence-electron chi connectivity index (χ1n) is 7.32. The van der Waals surface area contributed by atoms with Gasteiger partial charge in [0.25, 0.3) is 0 Å². The summed E-state index contributed by atoms with van der Waals surface area (Å²) >= 11 is 0. The molecule has 116 valence electrons. The number of Topliss-reactive ketones (excluding diaryl/α,β-unsaturated/α-hetero) is 1. The minimum Gasteiger partial charge on any atom is -0.485 e. The van der Waals surface area contributed by atoms with E-state index in [4.69, 9.17) is 4.74 Å². The number of likely N-dealkylation sites (N-methyl/N-ethyl adjacent to an activating group) is 1. The molecule has 0 radical (unpaired) electrons. The molecule has 0 N–H and O–H groups in total. The number of fused-ring (bicyclic) bond motifs is 1. The molecule has 2 heterocycles. The van der Waals surface area contributed by atoms with E-state index in [9.17, 15) is 9.59 Å². The third-order valence-electron chi connectivity index (χ3n) is 4.23. The first kappa shape index (κ1) is 14.8. The van der Waals surface area contributed by atoms with Crippen LogP contribution in [-0.4, -0.2) is 49.5 Å². The monoisotopic (exact) mass is 301 g/mol. The second-order valence-electron chi connectivity index (χ2n) is 5.98. The standard InChI is InChI=1S/C17H19NO4/c1-18-8-7-17(11-18)10-14(19)13-9-12(3-5-15(13)22-17)4-6-16(20)21-2/h3-6,9H,7-8,10-11H2,1-2H3. The summed E-state index contributed by atoms with van der Waals surface area (Å²) in [5.74, 6) is 0.319. The molecule has 0 aromatic heterocycles. The Labute approximate surface area is 129 Å². The summed E-state index contributed by atoms with van der Waals surface area (Å²) in [6.45, 7) is 1.73. The van der Waals surface area contributed by atoms with Crippen molar-refractivity contribution in [1.29, 1.82) is 0 Å². The minimum atomic E-state index is -0.423. The molecule has 1 aromatic carbocycles. The number of esters is 1. The van der Waals surface area contributed by atoms with Crippen LogP contribution >= 0.6 is 0 Å². The van der Waals surface area contributed by atoms with Gasteiger partial charge >= 0.3 is 5.97 Å². The number of rotatable bonds is 2. The van der Waals surface area contributed by atoms with E-state index in [-0.39, 0.29) is 11.4 Å². The van der Waals surface area contributed by atoms with Gasteiger partial charge in [-0.25, -0.2) is 4.79 Å². The first-order valence-corrected chi connectivity index (χ1v) is 7.32. The van der Waals surface area contributed by atoms with Gasteiger partial charge in [-0.1, -0.05) is 6.07 Å². The number of benzene rings is 1. The number of nitrogens with zero attached hydrogens (tertiary/aromatic N) is 1. The molecular weight excluding hydrogens is 282 g/mol. The molecule has 1 saturated heterocycles. The van der Waals surface area contributed by atoms with Gasteiger partial charge in [0.15, 0.2) is 5.78 Å². The fourth-order valence-electron chi connectivity index (χ4n) is 3.12. The summed E-state index contributed by atoms with van der Waals surface area (Å²) in [5.41, 5.74) is 0.996. The lowest BCUT2D eigenvalue weighted by Gasteiger charge is -2.34. The van der Waals surface area contributed by atoms with Crippen molar-refractivity contribution >= 4 is 17.8 Å². The van der Waals surface area contributed by atoms with Crippen molar-refractivity contribution in [3.05, 3.63) is 35.4 Å². The Balaban J connectivity index is 1.85. The van der Waals surface area contributed by atoms with E-state index in [0.717, 1.165) is 25.1 Å². The van der Waals surface area contributed by atoms with E-state index < -0.39 is 5.97 Å². The van der Waals surface area contributed by atoms with Crippen molar-refractivity contribution in [2.24, 2.45) is 0 Å². The lowest BCUT2D eigenvalue weighted by atomic mass is 9.88. The molecule has 1 spiro atoms. The van der Waals surface area contributed by atoms with Crippen LogP contribution in [0.4, 0.5) is 0 Å². The number of likely N-dealkylation sites (tertiary alicyclic amines) is 1. The number of ketones is 1. The SMILES string of the molecule is COC(=O)C=Cc1ccc2c(c1)C(=O)CC1(CCN(C)C1)O2. The summed E-state index contributed by atoms with van der Waals surface area (Å²) in [7, 11) is 3.37. The van der Waals surface area contributed by atoms with Gasteiger partial charge in [0.2, 0.25) is 0 Å². The van der Waals surface area contributed by atoms with Gasteiger partial charge in [-0.15, -0.1) is 0 Å². The van der Waals surface area contributed by atoms with Gasteiger partial charge in [-0.05, 0) is 30.8 Å². The maximum atomic E-state index is 12.5. The molecular formula is C17H19NO4. The van der Waals surface area contributed by atoms with E-state index in [1.165, 1.54) is 13.2 Å². The van der Waals surface area contributed by atoms with Crippen LogP contribution in [0.2, 0.25) is 0 Å². The zero-order valence-corrected chi connectivity index (χ0v) is 12.8. The van der Waals surface area contributed by atoms with Crippen LogP contribution in [0, 0.1) is 0 Å². The van der Waals surface area contributed by atoms with E-state index in [1.54, 1.807) is 12.1 Å². The smallest absolute Gasteiger partial charge is 0.330 e. The molecule has 0 bridgehead atoms. The molecule has 5 nitrogen and oxygen atoms in total. The van der Waals surface area contributed by atoms with Crippen LogP contribution in [0.25, 0.3) is 6.08 Å². The van der Waals surface area contributed by atoms with Crippen molar-refractivity contribution in [3.63, 3.8) is 0 Å². The molecule has 0 saturated carbocycles. The maximum Gasteiger partial charge on any atom is 0.330 e. The Morgan fingerprint density at radius 3 is 2.95 bits per heavy atom. The molecule has 1 atom stereocenters. The highest BCUT2D eigenvalue weighted by atomic mass is 16.5. The maximum absolute atomic E-state index is 12.5. The van der Waals surface area contributed by atoms with Crippen molar-refractivity contribution in [2.45, 2.75) is 18.4 Å². The fraction of sp³-hybridized carbons (Fsp3) is 0.412. The van der Waals surface area contributed by atoms with Crippen LogP contribution < -0.4 is 4.74 Å². The summed E-state index contributed by atoms with van der Waals surface area (Å²) in [5, 5.41) is 0. The Hall–Kier alpha value is -2.14. The minimum absolute atomic E-state index is 0.102. The van der Waals surface area contributed by atoms with Gasteiger partial charge in [0.05, 0.1) is 19.1 Å². The lowest BCUT2D eigenvalue weighted by molar-refractivity contribution is -0.134. The zero-order valence-electron chi connectivity index (χ0n) is 12.8. The molecule has 5 heteroatoms. The number of methoxy groups -OCH3 is 1. The van der Waals surface area contributed by atoms with Crippen molar-refractivity contribution in [1.82, 2.24) is 4.90 Å². The Morgan fingerprint density at radius 2 is 2.27 bits per heavy atom. The molecule has 0 aliphatic carbocycles. The Bertz CT molecular complexity index is 652.